The highest BCUT2D eigenvalue weighted by Gasteiger charge is 2.16. The van der Waals surface area contributed by atoms with Crippen LogP contribution < -0.4 is 11.1 Å². The van der Waals surface area contributed by atoms with E-state index in [2.05, 4.69) is 16.5 Å². The summed E-state index contributed by atoms with van der Waals surface area (Å²) in [5, 5.41) is 7.96. The number of hydrogen-bond acceptors (Lipinski definition) is 3. The third-order valence-corrected chi connectivity index (χ3v) is 3.49. The molecule has 1 radical (unpaired) electrons. The van der Waals surface area contributed by atoms with E-state index in [9.17, 15) is 9.18 Å². The number of aromatic nitrogens is 2. The van der Waals surface area contributed by atoms with Gasteiger partial charge in [0.15, 0.2) is 0 Å². The first-order valence-electron chi connectivity index (χ1n) is 7.34. The Bertz CT molecular complexity index is 826. The van der Waals surface area contributed by atoms with Crippen molar-refractivity contribution in [2.75, 3.05) is 13.1 Å². The summed E-state index contributed by atoms with van der Waals surface area (Å²) in [4.78, 5) is 12.3. The van der Waals surface area contributed by atoms with Gasteiger partial charge in [0.25, 0.3) is 0 Å². The fourth-order valence-electron chi connectivity index (χ4n) is 2.35. The molecule has 0 spiro atoms. The maximum absolute atomic E-state index is 13.1. The van der Waals surface area contributed by atoms with Crippen LogP contribution in [-0.4, -0.2) is 28.9 Å². The minimum absolute atomic E-state index is 0.316. The van der Waals surface area contributed by atoms with Crippen molar-refractivity contribution >= 4 is 16.9 Å². The number of carbonyl (C=O) groups excluding carboxylic acids is 1. The SMILES string of the molecule is NCCCNC(=O)n1nc(-c2ccc(F)cc2)c2c[c]ccc21. The van der Waals surface area contributed by atoms with Crippen LogP contribution in [0.5, 0.6) is 0 Å². The van der Waals surface area contributed by atoms with Crippen molar-refractivity contribution in [3.63, 3.8) is 0 Å². The molecular formula is C17H16FN4O. The summed E-state index contributed by atoms with van der Waals surface area (Å²) in [5.41, 5.74) is 7.46. The van der Waals surface area contributed by atoms with E-state index >= 15 is 0 Å². The minimum atomic E-state index is -0.317. The standard InChI is InChI=1S/C17H16FN4O/c18-13-8-6-12(7-9-13)16-14-4-1-2-5-15(14)22(21-16)17(23)20-11-3-10-19/h2,4-9H,3,10-11,19H2,(H,20,23). The Hall–Kier alpha value is -2.73. The van der Waals surface area contributed by atoms with Crippen molar-refractivity contribution in [2.24, 2.45) is 5.73 Å². The molecule has 0 aliphatic heterocycles. The molecule has 3 N–H and O–H groups in total. The van der Waals surface area contributed by atoms with Gasteiger partial charge in [0.05, 0.1) is 5.52 Å². The van der Waals surface area contributed by atoms with Gasteiger partial charge in [-0.3, -0.25) is 0 Å². The summed E-state index contributed by atoms with van der Waals surface area (Å²) in [6, 6.07) is 14.0. The summed E-state index contributed by atoms with van der Waals surface area (Å²) in [7, 11) is 0. The third kappa shape index (κ3) is 3.07. The van der Waals surface area contributed by atoms with Gasteiger partial charge >= 0.3 is 6.03 Å². The maximum atomic E-state index is 13.1. The zero-order chi connectivity index (χ0) is 16.2. The molecule has 1 amide bonds. The molecular weight excluding hydrogens is 295 g/mol. The first-order valence-corrected chi connectivity index (χ1v) is 7.34. The van der Waals surface area contributed by atoms with Gasteiger partial charge in [-0.2, -0.15) is 9.78 Å². The third-order valence-electron chi connectivity index (χ3n) is 3.49. The number of nitrogens with zero attached hydrogens (tertiary/aromatic N) is 2. The second kappa shape index (κ2) is 6.58. The quantitative estimate of drug-likeness (QED) is 0.727. The lowest BCUT2D eigenvalue weighted by Gasteiger charge is -2.04. The number of carbonyl (C=O) groups is 1. The molecule has 0 bridgehead atoms. The number of halogens is 1. The number of hydrogen-bond donors (Lipinski definition) is 2. The van der Waals surface area contributed by atoms with Crippen LogP contribution in [0, 0.1) is 11.9 Å². The van der Waals surface area contributed by atoms with Crippen LogP contribution in [0.1, 0.15) is 6.42 Å². The van der Waals surface area contributed by atoms with E-state index < -0.39 is 0 Å². The highest BCUT2D eigenvalue weighted by Crippen LogP contribution is 2.27. The Morgan fingerprint density at radius 1 is 1.30 bits per heavy atom. The van der Waals surface area contributed by atoms with Crippen molar-refractivity contribution in [3.8, 4) is 11.3 Å². The van der Waals surface area contributed by atoms with Crippen LogP contribution >= 0.6 is 0 Å². The van der Waals surface area contributed by atoms with Crippen LogP contribution in [0.25, 0.3) is 22.2 Å². The molecule has 0 aliphatic rings. The van der Waals surface area contributed by atoms with Gasteiger partial charge in [0, 0.05) is 17.5 Å². The molecule has 117 valence electrons. The zero-order valence-corrected chi connectivity index (χ0v) is 12.4. The number of amides is 1. The molecule has 0 saturated carbocycles. The minimum Gasteiger partial charge on any atom is -0.336 e. The number of benzene rings is 2. The Labute approximate surface area is 132 Å². The lowest BCUT2D eigenvalue weighted by Crippen LogP contribution is -2.31. The number of rotatable bonds is 4. The number of nitrogens with two attached hydrogens (primary N) is 1. The summed E-state index contributed by atoms with van der Waals surface area (Å²) < 4.78 is 14.4. The Morgan fingerprint density at radius 2 is 2.09 bits per heavy atom. The van der Waals surface area contributed by atoms with Gasteiger partial charge in [-0.25, -0.2) is 9.18 Å². The molecule has 5 nitrogen and oxygen atoms in total. The lowest BCUT2D eigenvalue weighted by molar-refractivity contribution is 0.240. The van der Waals surface area contributed by atoms with Gasteiger partial charge in [-0.15, -0.1) is 0 Å². The molecule has 0 atom stereocenters. The largest absolute Gasteiger partial charge is 0.342 e. The molecule has 2 aromatic carbocycles. The predicted octanol–water partition coefficient (Wildman–Crippen LogP) is 2.55. The fraction of sp³-hybridized carbons (Fsp3) is 0.176. The lowest BCUT2D eigenvalue weighted by atomic mass is 10.1. The van der Waals surface area contributed by atoms with Crippen LogP contribution in [0.3, 0.4) is 0 Å². The summed E-state index contributed by atoms with van der Waals surface area (Å²) in [6.45, 7) is 0.997. The van der Waals surface area contributed by atoms with Crippen molar-refractivity contribution in [1.29, 1.82) is 0 Å². The smallest absolute Gasteiger partial charge is 0.336 e. The van der Waals surface area contributed by atoms with E-state index in [1.54, 1.807) is 30.3 Å². The molecule has 0 fully saturated rings. The van der Waals surface area contributed by atoms with E-state index in [1.807, 2.05) is 0 Å². The first-order chi connectivity index (χ1) is 11.2. The summed E-state index contributed by atoms with van der Waals surface area (Å²) in [5.74, 6) is -0.316. The molecule has 0 unspecified atom stereocenters. The van der Waals surface area contributed by atoms with E-state index in [-0.39, 0.29) is 11.8 Å². The average molecular weight is 311 g/mol. The zero-order valence-electron chi connectivity index (χ0n) is 12.4. The Kier molecular flexibility index (Phi) is 4.34. The average Bonchev–Trinajstić information content (AvgIpc) is 2.95. The van der Waals surface area contributed by atoms with Crippen LogP contribution in [-0.2, 0) is 0 Å². The fourth-order valence-corrected chi connectivity index (χ4v) is 2.35. The first kappa shape index (κ1) is 15.2. The van der Waals surface area contributed by atoms with Gasteiger partial charge in [0.2, 0.25) is 0 Å². The van der Waals surface area contributed by atoms with Crippen molar-refractivity contribution in [3.05, 3.63) is 54.3 Å². The summed E-state index contributed by atoms with van der Waals surface area (Å²) >= 11 is 0. The second-order valence-corrected chi connectivity index (χ2v) is 5.08. The molecule has 0 aliphatic carbocycles. The molecule has 1 heterocycles. The van der Waals surface area contributed by atoms with Gasteiger partial charge < -0.3 is 11.1 Å². The highest BCUT2D eigenvalue weighted by atomic mass is 19.1. The van der Waals surface area contributed by atoms with Crippen molar-refractivity contribution in [2.45, 2.75) is 6.42 Å². The predicted molar refractivity (Wildman–Crippen MR) is 86.4 cm³/mol. The maximum Gasteiger partial charge on any atom is 0.342 e. The van der Waals surface area contributed by atoms with Crippen molar-refractivity contribution < 1.29 is 9.18 Å². The topological polar surface area (TPSA) is 72.9 Å². The van der Waals surface area contributed by atoms with Crippen LogP contribution in [0.4, 0.5) is 9.18 Å². The Morgan fingerprint density at radius 3 is 2.83 bits per heavy atom. The van der Waals surface area contributed by atoms with Gasteiger partial charge in [0.1, 0.15) is 11.5 Å². The van der Waals surface area contributed by atoms with E-state index in [4.69, 9.17) is 5.73 Å². The molecule has 3 rings (SSSR count). The number of fused-ring (bicyclic) bond motifs is 1. The van der Waals surface area contributed by atoms with Crippen LogP contribution in [0.15, 0.2) is 42.5 Å². The Balaban J connectivity index is 2.03. The highest BCUT2D eigenvalue weighted by molar-refractivity contribution is 5.98. The van der Waals surface area contributed by atoms with E-state index in [0.29, 0.717) is 30.7 Å². The monoisotopic (exact) mass is 311 g/mol. The van der Waals surface area contributed by atoms with Crippen LogP contribution in [0.2, 0.25) is 0 Å². The van der Waals surface area contributed by atoms with E-state index in [1.165, 1.54) is 16.8 Å². The van der Waals surface area contributed by atoms with E-state index in [0.717, 1.165) is 10.9 Å². The van der Waals surface area contributed by atoms with Gasteiger partial charge in [-0.05, 0) is 55.4 Å². The summed E-state index contributed by atoms with van der Waals surface area (Å²) in [6.07, 6.45) is 0.698. The molecule has 1 aromatic heterocycles. The van der Waals surface area contributed by atoms with Crippen molar-refractivity contribution in [1.82, 2.24) is 15.1 Å². The number of nitrogens with one attached hydrogen (secondary N) is 1. The molecule has 6 heteroatoms. The molecule has 0 saturated heterocycles. The second-order valence-electron chi connectivity index (χ2n) is 5.08. The normalized spacial score (nSPS) is 10.9. The molecule has 3 aromatic rings. The molecule has 23 heavy (non-hydrogen) atoms. The van der Waals surface area contributed by atoms with Gasteiger partial charge in [-0.1, -0.05) is 6.07 Å².